The fraction of sp³-hybridized carbons (Fsp3) is 0.382. The molecule has 9 heteroatoms. The van der Waals surface area contributed by atoms with Crippen LogP contribution in [0.4, 0.5) is 0 Å². The van der Waals surface area contributed by atoms with E-state index in [2.05, 4.69) is 31.4 Å². The quantitative estimate of drug-likeness (QED) is 0.313. The molecule has 43 heavy (non-hydrogen) atoms. The summed E-state index contributed by atoms with van der Waals surface area (Å²) in [5.74, 6) is 2.69. The van der Waals surface area contributed by atoms with Gasteiger partial charge in [-0.05, 0) is 93.5 Å². The predicted molar refractivity (Wildman–Crippen MR) is 165 cm³/mol. The van der Waals surface area contributed by atoms with Gasteiger partial charge in [-0.1, -0.05) is 30.3 Å². The van der Waals surface area contributed by atoms with E-state index in [1.807, 2.05) is 36.4 Å². The van der Waals surface area contributed by atoms with Crippen molar-refractivity contribution in [3.63, 3.8) is 0 Å². The first kappa shape index (κ1) is 28.7. The van der Waals surface area contributed by atoms with E-state index in [-0.39, 0.29) is 5.56 Å². The highest BCUT2D eigenvalue weighted by Gasteiger charge is 2.23. The Kier molecular flexibility index (Phi) is 9.16. The molecule has 2 fully saturated rings. The van der Waals surface area contributed by atoms with Crippen molar-refractivity contribution >= 4 is 0 Å². The summed E-state index contributed by atoms with van der Waals surface area (Å²) in [4.78, 5) is 24.4. The van der Waals surface area contributed by atoms with E-state index in [4.69, 9.17) is 4.74 Å². The Labute approximate surface area is 252 Å². The van der Waals surface area contributed by atoms with E-state index in [0.29, 0.717) is 41.9 Å². The number of aromatic nitrogens is 4. The van der Waals surface area contributed by atoms with Crippen LogP contribution in [0.5, 0.6) is 5.75 Å². The van der Waals surface area contributed by atoms with Gasteiger partial charge in [-0.2, -0.15) is 10.4 Å². The third-order valence-corrected chi connectivity index (χ3v) is 8.47. The second kappa shape index (κ2) is 13.7. The summed E-state index contributed by atoms with van der Waals surface area (Å²) in [6.07, 6.45) is 8.43. The first-order valence-electron chi connectivity index (χ1n) is 15.2. The number of benzene rings is 2. The second-order valence-corrected chi connectivity index (χ2v) is 11.6. The van der Waals surface area contributed by atoms with Gasteiger partial charge in [-0.25, -0.2) is 14.6 Å². The van der Waals surface area contributed by atoms with Gasteiger partial charge >= 0.3 is 0 Å². The summed E-state index contributed by atoms with van der Waals surface area (Å²) in [5.41, 5.74) is 3.53. The van der Waals surface area contributed by atoms with Gasteiger partial charge in [0.05, 0.1) is 42.9 Å². The molecule has 6 rings (SSSR count). The first-order chi connectivity index (χ1) is 21.1. The van der Waals surface area contributed by atoms with Gasteiger partial charge in [0.1, 0.15) is 0 Å². The van der Waals surface area contributed by atoms with E-state index >= 15 is 0 Å². The van der Waals surface area contributed by atoms with Crippen LogP contribution >= 0.6 is 0 Å². The number of nitrogens with zero attached hydrogens (tertiary/aromatic N) is 6. The third kappa shape index (κ3) is 7.53. The Balaban J connectivity index is 1.04. The first-order valence-corrected chi connectivity index (χ1v) is 15.2. The smallest absolute Gasteiger partial charge is 0.267 e. The molecule has 0 bridgehead atoms. The fourth-order valence-electron chi connectivity index (χ4n) is 5.96. The van der Waals surface area contributed by atoms with Gasteiger partial charge in [0.15, 0.2) is 11.6 Å². The number of piperidine rings is 2. The molecule has 0 radical (unpaired) electrons. The van der Waals surface area contributed by atoms with Crippen LogP contribution in [0.15, 0.2) is 77.9 Å². The van der Waals surface area contributed by atoms with Crippen LogP contribution in [0.25, 0.3) is 22.6 Å². The van der Waals surface area contributed by atoms with Crippen LogP contribution in [0.2, 0.25) is 0 Å². The summed E-state index contributed by atoms with van der Waals surface area (Å²) >= 11 is 0. The van der Waals surface area contributed by atoms with Crippen LogP contribution in [0, 0.1) is 23.2 Å². The van der Waals surface area contributed by atoms with E-state index in [1.165, 1.54) is 43.0 Å². The maximum absolute atomic E-state index is 12.6. The van der Waals surface area contributed by atoms with E-state index in [0.717, 1.165) is 48.8 Å². The van der Waals surface area contributed by atoms with Gasteiger partial charge < -0.3 is 15.0 Å². The van der Waals surface area contributed by atoms with Crippen LogP contribution in [0.1, 0.15) is 36.8 Å². The second-order valence-electron chi connectivity index (χ2n) is 11.6. The maximum atomic E-state index is 12.6. The lowest BCUT2D eigenvalue weighted by Crippen LogP contribution is -2.41. The van der Waals surface area contributed by atoms with Crippen molar-refractivity contribution in [3.05, 3.63) is 94.5 Å². The molecule has 2 aliphatic rings. The summed E-state index contributed by atoms with van der Waals surface area (Å²) in [6, 6.07) is 20.3. The monoisotopic (exact) mass is 575 g/mol. The Morgan fingerprint density at radius 1 is 0.907 bits per heavy atom. The van der Waals surface area contributed by atoms with Crippen LogP contribution < -0.4 is 15.6 Å². The molecule has 0 saturated carbocycles. The standard InChI is InChI=1S/C34H37N7O2/c35-19-27-3-1-5-29(17-27)32-7-8-33(42)41(39-32)23-28-4-2-6-30(18-28)34-37-20-31(21-38-34)43-24-26-11-15-40(16-12-26)22-25-9-13-36-14-10-25/h1-8,17-18,20-21,25-26,36H,9-16,22-24H2. The molecular formula is C34H37N7O2. The normalized spacial score (nSPS) is 16.5. The minimum absolute atomic E-state index is 0.198. The van der Waals surface area contributed by atoms with Crippen molar-refractivity contribution in [2.24, 2.45) is 11.8 Å². The van der Waals surface area contributed by atoms with E-state index in [9.17, 15) is 10.1 Å². The molecule has 4 aromatic rings. The Morgan fingerprint density at radius 3 is 2.47 bits per heavy atom. The molecule has 0 amide bonds. The van der Waals surface area contributed by atoms with Gasteiger partial charge in [0, 0.05) is 23.7 Å². The van der Waals surface area contributed by atoms with E-state index in [1.54, 1.807) is 30.6 Å². The third-order valence-electron chi connectivity index (χ3n) is 8.47. The fourth-order valence-corrected chi connectivity index (χ4v) is 5.96. The Bertz CT molecular complexity index is 1620. The summed E-state index contributed by atoms with van der Waals surface area (Å²) in [5, 5.41) is 17.2. The van der Waals surface area contributed by atoms with E-state index < -0.39 is 0 Å². The number of ether oxygens (including phenoxy) is 1. The number of hydrogen-bond donors (Lipinski definition) is 1. The summed E-state index contributed by atoms with van der Waals surface area (Å²) < 4.78 is 7.52. The zero-order valence-electron chi connectivity index (χ0n) is 24.4. The molecule has 9 nitrogen and oxygen atoms in total. The molecule has 0 aliphatic carbocycles. The predicted octanol–water partition coefficient (Wildman–Crippen LogP) is 4.38. The van der Waals surface area contributed by atoms with Gasteiger partial charge in [-0.3, -0.25) is 4.79 Å². The lowest BCUT2D eigenvalue weighted by molar-refractivity contribution is 0.120. The average molecular weight is 576 g/mol. The SMILES string of the molecule is N#Cc1cccc(-c2ccc(=O)n(Cc3cccc(-c4ncc(OCC5CCN(CC6CCNCC6)CC5)cn4)c3)n2)c1. The molecule has 0 unspecified atom stereocenters. The molecule has 220 valence electrons. The number of rotatable bonds is 9. The molecule has 2 saturated heterocycles. The van der Waals surface area contributed by atoms with Crippen molar-refractivity contribution in [2.75, 3.05) is 39.3 Å². The highest BCUT2D eigenvalue weighted by atomic mass is 16.5. The number of likely N-dealkylation sites (tertiary alicyclic amines) is 1. The molecule has 2 aliphatic heterocycles. The highest BCUT2D eigenvalue weighted by Crippen LogP contribution is 2.23. The zero-order valence-corrected chi connectivity index (χ0v) is 24.4. The molecule has 4 heterocycles. The largest absolute Gasteiger partial charge is 0.490 e. The zero-order chi connectivity index (χ0) is 29.4. The minimum Gasteiger partial charge on any atom is -0.490 e. The number of nitriles is 1. The molecule has 2 aromatic heterocycles. The lowest BCUT2D eigenvalue weighted by atomic mass is 9.94. The van der Waals surface area contributed by atoms with Crippen molar-refractivity contribution in [2.45, 2.75) is 32.2 Å². The number of nitrogens with one attached hydrogen (secondary N) is 1. The molecule has 1 N–H and O–H groups in total. The van der Waals surface area contributed by atoms with Gasteiger partial charge in [0.2, 0.25) is 0 Å². The van der Waals surface area contributed by atoms with Gasteiger partial charge in [-0.15, -0.1) is 0 Å². The van der Waals surface area contributed by atoms with Crippen molar-refractivity contribution in [1.82, 2.24) is 30.0 Å². The molecular weight excluding hydrogens is 538 g/mol. The lowest BCUT2D eigenvalue weighted by Gasteiger charge is -2.35. The molecule has 0 atom stereocenters. The Morgan fingerprint density at radius 2 is 1.67 bits per heavy atom. The highest BCUT2D eigenvalue weighted by molar-refractivity contribution is 5.60. The topological polar surface area (TPSA) is 109 Å². The molecule has 2 aromatic carbocycles. The summed E-state index contributed by atoms with van der Waals surface area (Å²) in [6.45, 7) is 6.88. The summed E-state index contributed by atoms with van der Waals surface area (Å²) in [7, 11) is 0. The number of hydrogen-bond acceptors (Lipinski definition) is 8. The van der Waals surface area contributed by atoms with Crippen molar-refractivity contribution in [1.29, 1.82) is 5.26 Å². The average Bonchev–Trinajstić information content (AvgIpc) is 3.06. The van der Waals surface area contributed by atoms with Crippen LogP contribution in [-0.4, -0.2) is 64.0 Å². The maximum Gasteiger partial charge on any atom is 0.267 e. The van der Waals surface area contributed by atoms with Crippen LogP contribution in [0.3, 0.4) is 0 Å². The van der Waals surface area contributed by atoms with Crippen LogP contribution in [-0.2, 0) is 6.54 Å². The van der Waals surface area contributed by atoms with Crippen molar-refractivity contribution in [3.8, 4) is 34.5 Å². The van der Waals surface area contributed by atoms with Crippen molar-refractivity contribution < 1.29 is 4.74 Å². The Hall–Kier alpha value is -4.39. The minimum atomic E-state index is -0.198. The van der Waals surface area contributed by atoms with Gasteiger partial charge in [0.25, 0.3) is 5.56 Å². The molecule has 0 spiro atoms.